The highest BCUT2D eigenvalue weighted by Crippen LogP contribution is 2.29. The molecule has 0 bridgehead atoms. The lowest BCUT2D eigenvalue weighted by Crippen LogP contribution is -1.99. The number of nitrogens with zero attached hydrogens (tertiary/aromatic N) is 3. The van der Waals surface area contributed by atoms with Gasteiger partial charge in [-0.2, -0.15) is 0 Å². The highest BCUT2D eigenvalue weighted by atomic mass is 32.2. The molecule has 0 aliphatic carbocycles. The number of aromatic nitrogens is 3. The molecular formula is C16H15N3OS. The van der Waals surface area contributed by atoms with Crippen LogP contribution in [0.2, 0.25) is 0 Å². The van der Waals surface area contributed by atoms with Gasteiger partial charge in [0.25, 0.3) is 0 Å². The van der Waals surface area contributed by atoms with E-state index in [4.69, 9.17) is 4.42 Å². The Labute approximate surface area is 127 Å². The summed E-state index contributed by atoms with van der Waals surface area (Å²) in [5.74, 6) is 2.41. The van der Waals surface area contributed by atoms with Crippen LogP contribution in [0.3, 0.4) is 0 Å². The van der Waals surface area contributed by atoms with Crippen molar-refractivity contribution in [1.82, 2.24) is 14.8 Å². The molecule has 5 heteroatoms. The number of rotatable bonds is 5. The maximum atomic E-state index is 5.40. The van der Waals surface area contributed by atoms with Crippen LogP contribution in [0.15, 0.2) is 64.9 Å². The fraction of sp³-hybridized carbons (Fsp3) is 0.125. The van der Waals surface area contributed by atoms with Gasteiger partial charge in [-0.3, -0.25) is 4.57 Å². The zero-order valence-electron chi connectivity index (χ0n) is 11.7. The number of aryl methyl sites for hydroxylation is 1. The highest BCUT2D eigenvalue weighted by molar-refractivity contribution is 7.99. The normalized spacial score (nSPS) is 10.7. The van der Waals surface area contributed by atoms with E-state index in [9.17, 15) is 0 Å². The van der Waals surface area contributed by atoms with E-state index in [0.29, 0.717) is 0 Å². The molecule has 2 heterocycles. The van der Waals surface area contributed by atoms with Gasteiger partial charge in [-0.1, -0.05) is 36.0 Å². The van der Waals surface area contributed by atoms with Gasteiger partial charge in [-0.25, -0.2) is 0 Å². The van der Waals surface area contributed by atoms with Crippen LogP contribution in [0.4, 0.5) is 0 Å². The second-order valence-corrected chi connectivity index (χ2v) is 5.45. The third-order valence-corrected chi connectivity index (χ3v) is 4.00. The summed E-state index contributed by atoms with van der Waals surface area (Å²) in [7, 11) is 0. The van der Waals surface area contributed by atoms with E-state index in [1.807, 2.05) is 54.0 Å². The first kappa shape index (κ1) is 13.7. The van der Waals surface area contributed by atoms with Gasteiger partial charge in [-0.15, -0.1) is 16.8 Å². The maximum Gasteiger partial charge on any atom is 0.196 e. The van der Waals surface area contributed by atoms with Crippen LogP contribution in [0, 0.1) is 6.92 Å². The fourth-order valence-corrected chi connectivity index (χ4v) is 2.78. The topological polar surface area (TPSA) is 43.9 Å². The van der Waals surface area contributed by atoms with Crippen LogP contribution >= 0.6 is 11.8 Å². The van der Waals surface area contributed by atoms with Gasteiger partial charge in [0.2, 0.25) is 0 Å². The smallest absolute Gasteiger partial charge is 0.196 e. The van der Waals surface area contributed by atoms with Gasteiger partial charge in [0.05, 0.1) is 11.8 Å². The van der Waals surface area contributed by atoms with Crippen LogP contribution in [0.5, 0.6) is 0 Å². The third kappa shape index (κ3) is 2.64. The number of benzene rings is 1. The summed E-state index contributed by atoms with van der Waals surface area (Å²) >= 11 is 1.61. The molecule has 0 atom stereocenters. The van der Waals surface area contributed by atoms with Gasteiger partial charge in [0.15, 0.2) is 11.0 Å². The van der Waals surface area contributed by atoms with Crippen molar-refractivity contribution in [1.29, 1.82) is 0 Å². The predicted molar refractivity (Wildman–Crippen MR) is 84.7 cm³/mol. The molecule has 0 aliphatic rings. The van der Waals surface area contributed by atoms with Crippen molar-refractivity contribution < 1.29 is 4.42 Å². The fourth-order valence-electron chi connectivity index (χ4n) is 2.10. The molecule has 106 valence electrons. The Balaban J connectivity index is 2.15. The first-order valence-corrected chi connectivity index (χ1v) is 7.59. The van der Waals surface area contributed by atoms with Gasteiger partial charge in [-0.05, 0) is 25.1 Å². The molecule has 0 unspecified atom stereocenters. The van der Waals surface area contributed by atoms with Crippen molar-refractivity contribution in [3.8, 4) is 17.1 Å². The third-order valence-electron chi connectivity index (χ3n) is 3.08. The zero-order chi connectivity index (χ0) is 14.7. The Bertz CT molecular complexity index is 746. The van der Waals surface area contributed by atoms with Gasteiger partial charge in [0, 0.05) is 11.4 Å². The summed E-state index contributed by atoms with van der Waals surface area (Å²) < 4.78 is 7.44. The zero-order valence-corrected chi connectivity index (χ0v) is 12.5. The monoisotopic (exact) mass is 297 g/mol. The van der Waals surface area contributed by atoms with Crippen molar-refractivity contribution in [2.24, 2.45) is 0 Å². The first-order chi connectivity index (χ1) is 10.3. The Morgan fingerprint density at radius 3 is 2.71 bits per heavy atom. The minimum absolute atomic E-state index is 0.787. The summed E-state index contributed by atoms with van der Waals surface area (Å²) in [4.78, 5) is 0. The molecule has 0 spiro atoms. The molecule has 21 heavy (non-hydrogen) atoms. The molecule has 2 aromatic heterocycles. The second kappa shape index (κ2) is 6.01. The van der Waals surface area contributed by atoms with Crippen molar-refractivity contribution in [2.75, 3.05) is 5.75 Å². The minimum Gasteiger partial charge on any atom is -0.469 e. The van der Waals surface area contributed by atoms with E-state index in [0.717, 1.165) is 33.7 Å². The summed E-state index contributed by atoms with van der Waals surface area (Å²) in [6.07, 6.45) is 3.53. The van der Waals surface area contributed by atoms with E-state index in [1.54, 1.807) is 18.0 Å². The lowest BCUT2D eigenvalue weighted by atomic mass is 10.2. The molecule has 0 N–H and O–H groups in total. The average Bonchev–Trinajstić information content (AvgIpc) is 3.11. The van der Waals surface area contributed by atoms with Crippen LogP contribution in [-0.4, -0.2) is 20.5 Å². The summed E-state index contributed by atoms with van der Waals surface area (Å²) in [5.41, 5.74) is 1.99. The van der Waals surface area contributed by atoms with Crippen LogP contribution < -0.4 is 0 Å². The average molecular weight is 297 g/mol. The Morgan fingerprint density at radius 1 is 1.24 bits per heavy atom. The lowest BCUT2D eigenvalue weighted by Gasteiger charge is -2.09. The number of furan rings is 1. The SMILES string of the molecule is C=CCSc1nnc(-c2ccoc2C)n1-c1ccccc1. The molecule has 0 radical (unpaired) electrons. The van der Waals surface area contributed by atoms with Crippen LogP contribution in [0.1, 0.15) is 5.76 Å². The molecule has 0 saturated carbocycles. The van der Waals surface area contributed by atoms with Crippen molar-refractivity contribution in [3.05, 3.63) is 61.1 Å². The number of para-hydroxylation sites is 1. The van der Waals surface area contributed by atoms with E-state index >= 15 is 0 Å². The number of hydrogen-bond donors (Lipinski definition) is 0. The molecule has 1 aromatic carbocycles. The van der Waals surface area contributed by atoms with E-state index in [-0.39, 0.29) is 0 Å². The molecule has 0 amide bonds. The molecule has 3 rings (SSSR count). The van der Waals surface area contributed by atoms with Crippen molar-refractivity contribution in [2.45, 2.75) is 12.1 Å². The second-order valence-electron chi connectivity index (χ2n) is 4.47. The molecule has 0 fully saturated rings. The quantitative estimate of drug-likeness (QED) is 0.525. The maximum absolute atomic E-state index is 5.40. The summed E-state index contributed by atoms with van der Waals surface area (Å²) in [5, 5.41) is 9.50. The standard InChI is InChI=1S/C16H15N3OS/c1-3-11-21-16-18-17-15(14-9-10-20-12(14)2)19(16)13-7-5-4-6-8-13/h3-10H,1,11H2,2H3. The Morgan fingerprint density at radius 2 is 2.05 bits per heavy atom. The largest absolute Gasteiger partial charge is 0.469 e. The molecular weight excluding hydrogens is 282 g/mol. The van der Waals surface area contributed by atoms with Gasteiger partial charge < -0.3 is 4.42 Å². The highest BCUT2D eigenvalue weighted by Gasteiger charge is 2.18. The van der Waals surface area contributed by atoms with Crippen molar-refractivity contribution >= 4 is 11.8 Å². The van der Waals surface area contributed by atoms with E-state index < -0.39 is 0 Å². The Hall–Kier alpha value is -2.27. The number of hydrogen-bond acceptors (Lipinski definition) is 4. The van der Waals surface area contributed by atoms with Crippen LogP contribution in [-0.2, 0) is 0 Å². The molecule has 3 aromatic rings. The minimum atomic E-state index is 0.787. The van der Waals surface area contributed by atoms with E-state index in [1.165, 1.54) is 0 Å². The Kier molecular flexibility index (Phi) is 3.92. The molecule has 0 saturated heterocycles. The summed E-state index contributed by atoms with van der Waals surface area (Å²) in [6, 6.07) is 12.0. The molecule has 4 nitrogen and oxygen atoms in total. The lowest BCUT2D eigenvalue weighted by molar-refractivity contribution is 0.535. The van der Waals surface area contributed by atoms with Crippen molar-refractivity contribution in [3.63, 3.8) is 0 Å². The molecule has 0 aliphatic heterocycles. The summed E-state index contributed by atoms with van der Waals surface area (Å²) in [6.45, 7) is 5.68. The van der Waals surface area contributed by atoms with Gasteiger partial charge >= 0.3 is 0 Å². The predicted octanol–water partition coefficient (Wildman–Crippen LogP) is 4.11. The number of thioether (sulfide) groups is 1. The van der Waals surface area contributed by atoms with E-state index in [2.05, 4.69) is 16.8 Å². The van der Waals surface area contributed by atoms with Crippen LogP contribution in [0.25, 0.3) is 17.1 Å². The van der Waals surface area contributed by atoms with Gasteiger partial charge in [0.1, 0.15) is 5.76 Å². The first-order valence-electron chi connectivity index (χ1n) is 6.60.